The van der Waals surface area contributed by atoms with Crippen LogP contribution < -0.4 is 11.2 Å². The van der Waals surface area contributed by atoms with Crippen LogP contribution in [0.4, 0.5) is 0 Å². The fourth-order valence-electron chi connectivity index (χ4n) is 2.51. The highest BCUT2D eigenvalue weighted by Crippen LogP contribution is 2.32. The normalized spacial score (nSPS) is 18.9. The lowest BCUT2D eigenvalue weighted by Crippen LogP contribution is -2.38. The lowest BCUT2D eigenvalue weighted by Gasteiger charge is -2.20. The predicted octanol–water partition coefficient (Wildman–Crippen LogP) is 1.94. The van der Waals surface area contributed by atoms with Gasteiger partial charge in [0.25, 0.3) is 5.56 Å². The molecule has 5 heteroatoms. The average Bonchev–Trinajstić information content (AvgIpc) is 2.67. The Balaban J connectivity index is 2.39. The fraction of sp³-hybridized carbons (Fsp3) is 0.636. The first-order chi connectivity index (χ1) is 7.59. The predicted molar refractivity (Wildman–Crippen MR) is 63.0 cm³/mol. The molecule has 1 fully saturated rings. The number of halogens is 1. The van der Waals surface area contributed by atoms with Crippen LogP contribution in [-0.4, -0.2) is 9.55 Å². The van der Waals surface area contributed by atoms with Crippen LogP contribution >= 0.6 is 11.6 Å². The van der Waals surface area contributed by atoms with E-state index in [2.05, 4.69) is 4.98 Å². The van der Waals surface area contributed by atoms with Crippen LogP contribution in [0, 0.1) is 5.92 Å². The average molecular weight is 243 g/mol. The van der Waals surface area contributed by atoms with E-state index in [4.69, 9.17) is 11.6 Å². The summed E-state index contributed by atoms with van der Waals surface area (Å²) < 4.78 is 1.28. The second-order valence-corrected chi connectivity index (χ2v) is 4.82. The van der Waals surface area contributed by atoms with Crippen LogP contribution in [0.2, 0.25) is 5.15 Å². The van der Waals surface area contributed by atoms with Crippen molar-refractivity contribution >= 4 is 11.6 Å². The Morgan fingerprint density at radius 3 is 2.62 bits per heavy atom. The molecule has 1 unspecified atom stereocenters. The Morgan fingerprint density at radius 2 is 2.06 bits per heavy atom. The Labute approximate surface area is 98.3 Å². The first-order valence-corrected chi connectivity index (χ1v) is 5.99. The summed E-state index contributed by atoms with van der Waals surface area (Å²) >= 11 is 5.62. The third-order valence-corrected chi connectivity index (χ3v) is 3.63. The van der Waals surface area contributed by atoms with Crippen molar-refractivity contribution in [3.63, 3.8) is 0 Å². The second-order valence-electron chi connectivity index (χ2n) is 4.42. The molecule has 0 aromatic carbocycles. The van der Waals surface area contributed by atoms with Crippen molar-refractivity contribution in [1.29, 1.82) is 0 Å². The second kappa shape index (κ2) is 4.45. The number of nitrogens with zero attached hydrogens (tertiary/aromatic N) is 1. The quantitative estimate of drug-likeness (QED) is 0.806. The summed E-state index contributed by atoms with van der Waals surface area (Å²) in [4.78, 5) is 25.9. The van der Waals surface area contributed by atoms with Crippen molar-refractivity contribution in [3.8, 4) is 0 Å². The SMILES string of the molecule is CC(C1CCCC1)n1c(=O)cc(Cl)[nH]c1=O. The van der Waals surface area contributed by atoms with Gasteiger partial charge in [-0.25, -0.2) is 4.79 Å². The summed E-state index contributed by atoms with van der Waals surface area (Å²) in [6.07, 6.45) is 4.57. The molecule has 0 saturated heterocycles. The lowest BCUT2D eigenvalue weighted by atomic mass is 10.00. The van der Waals surface area contributed by atoms with Gasteiger partial charge < -0.3 is 0 Å². The molecule has 2 rings (SSSR count). The van der Waals surface area contributed by atoms with Crippen molar-refractivity contribution in [2.24, 2.45) is 5.92 Å². The van der Waals surface area contributed by atoms with Gasteiger partial charge in [-0.2, -0.15) is 0 Å². The van der Waals surface area contributed by atoms with Gasteiger partial charge in [-0.3, -0.25) is 14.3 Å². The van der Waals surface area contributed by atoms with Crippen molar-refractivity contribution in [2.75, 3.05) is 0 Å². The summed E-state index contributed by atoms with van der Waals surface area (Å²) in [5.41, 5.74) is -0.718. The maximum atomic E-state index is 11.7. The number of aromatic nitrogens is 2. The topological polar surface area (TPSA) is 54.9 Å². The summed E-state index contributed by atoms with van der Waals surface area (Å²) in [6.45, 7) is 1.93. The van der Waals surface area contributed by atoms with Crippen molar-refractivity contribution in [3.05, 3.63) is 32.1 Å². The largest absolute Gasteiger partial charge is 0.329 e. The van der Waals surface area contributed by atoms with Gasteiger partial charge in [0.2, 0.25) is 0 Å². The monoisotopic (exact) mass is 242 g/mol. The molecule has 16 heavy (non-hydrogen) atoms. The third kappa shape index (κ3) is 2.07. The number of hydrogen-bond donors (Lipinski definition) is 1. The number of nitrogens with one attached hydrogen (secondary N) is 1. The van der Waals surface area contributed by atoms with Gasteiger partial charge in [-0.1, -0.05) is 24.4 Å². The number of rotatable bonds is 2. The minimum Gasteiger partial charge on any atom is -0.298 e. The molecule has 1 heterocycles. The number of H-pyrrole nitrogens is 1. The molecule has 0 aliphatic heterocycles. The molecule has 1 N–H and O–H groups in total. The molecule has 0 spiro atoms. The van der Waals surface area contributed by atoms with Crippen LogP contribution in [-0.2, 0) is 0 Å². The first kappa shape index (κ1) is 11.5. The highest BCUT2D eigenvalue weighted by molar-refractivity contribution is 6.29. The van der Waals surface area contributed by atoms with Crippen molar-refractivity contribution < 1.29 is 0 Å². The molecule has 0 amide bonds. The maximum absolute atomic E-state index is 11.7. The molecular formula is C11H15ClN2O2. The molecule has 1 atom stereocenters. The van der Waals surface area contributed by atoms with E-state index in [1.807, 2.05) is 6.92 Å². The van der Waals surface area contributed by atoms with E-state index in [-0.39, 0.29) is 16.8 Å². The molecule has 1 aliphatic rings. The number of hydrogen-bond acceptors (Lipinski definition) is 2. The van der Waals surface area contributed by atoms with Crippen LogP contribution in [0.25, 0.3) is 0 Å². The summed E-state index contributed by atoms with van der Waals surface area (Å²) in [7, 11) is 0. The van der Waals surface area contributed by atoms with Gasteiger partial charge >= 0.3 is 5.69 Å². The standard InChI is InChI=1S/C11H15ClN2O2/c1-7(8-4-2-3-5-8)14-10(15)6-9(12)13-11(14)16/h6-8H,2-5H2,1H3,(H,13,16). The van der Waals surface area contributed by atoms with E-state index in [0.29, 0.717) is 5.92 Å². The lowest BCUT2D eigenvalue weighted by molar-refractivity contribution is 0.342. The molecule has 1 aliphatic carbocycles. The number of aromatic amines is 1. The van der Waals surface area contributed by atoms with Gasteiger partial charge in [-0.05, 0) is 25.7 Å². The molecular weight excluding hydrogens is 228 g/mol. The van der Waals surface area contributed by atoms with Crippen LogP contribution in [0.15, 0.2) is 15.7 Å². The third-order valence-electron chi connectivity index (χ3n) is 3.42. The molecule has 0 bridgehead atoms. The zero-order chi connectivity index (χ0) is 11.7. The van der Waals surface area contributed by atoms with Gasteiger partial charge in [-0.15, -0.1) is 0 Å². The summed E-state index contributed by atoms with van der Waals surface area (Å²) in [6, 6.07) is 1.21. The molecule has 1 aromatic rings. The van der Waals surface area contributed by atoms with Gasteiger partial charge in [0.05, 0.1) is 0 Å². The molecule has 1 saturated carbocycles. The fourth-order valence-corrected chi connectivity index (χ4v) is 2.69. The van der Waals surface area contributed by atoms with E-state index < -0.39 is 5.69 Å². The van der Waals surface area contributed by atoms with Crippen molar-refractivity contribution in [2.45, 2.75) is 38.6 Å². The molecule has 4 nitrogen and oxygen atoms in total. The Bertz CT molecular complexity index is 454. The minimum atomic E-state index is -0.406. The highest BCUT2D eigenvalue weighted by atomic mass is 35.5. The zero-order valence-electron chi connectivity index (χ0n) is 9.20. The minimum absolute atomic E-state index is 0.0454. The molecule has 0 radical (unpaired) electrons. The first-order valence-electron chi connectivity index (χ1n) is 5.61. The van der Waals surface area contributed by atoms with E-state index in [9.17, 15) is 9.59 Å². The summed E-state index contributed by atoms with van der Waals surface area (Å²) in [5.74, 6) is 0.431. The van der Waals surface area contributed by atoms with E-state index in [1.165, 1.54) is 23.5 Å². The van der Waals surface area contributed by atoms with E-state index >= 15 is 0 Å². The van der Waals surface area contributed by atoms with Crippen LogP contribution in [0.3, 0.4) is 0 Å². The van der Waals surface area contributed by atoms with Crippen LogP contribution in [0.1, 0.15) is 38.6 Å². The Kier molecular flexibility index (Phi) is 3.19. The van der Waals surface area contributed by atoms with Crippen LogP contribution in [0.5, 0.6) is 0 Å². The highest BCUT2D eigenvalue weighted by Gasteiger charge is 2.24. The van der Waals surface area contributed by atoms with Gasteiger partial charge in [0.1, 0.15) is 5.15 Å². The smallest absolute Gasteiger partial charge is 0.298 e. The Morgan fingerprint density at radius 1 is 1.44 bits per heavy atom. The summed E-state index contributed by atoms with van der Waals surface area (Å²) in [5, 5.41) is 0.102. The molecule has 88 valence electrons. The van der Waals surface area contributed by atoms with E-state index in [0.717, 1.165) is 12.8 Å². The molecule has 1 aromatic heterocycles. The maximum Gasteiger partial charge on any atom is 0.329 e. The Hall–Kier alpha value is -1.03. The van der Waals surface area contributed by atoms with Gasteiger partial charge in [0, 0.05) is 12.1 Å². The zero-order valence-corrected chi connectivity index (χ0v) is 9.96. The van der Waals surface area contributed by atoms with E-state index in [1.54, 1.807) is 0 Å². The van der Waals surface area contributed by atoms with Crippen molar-refractivity contribution in [1.82, 2.24) is 9.55 Å². The van der Waals surface area contributed by atoms with Gasteiger partial charge in [0.15, 0.2) is 0 Å².